The maximum atomic E-state index is 13.7. The molecule has 1 amide bonds. The number of ether oxygens (including phenoxy) is 2. The SMILES string of the molecule is COCCN(CCOC)S(=O)(=O)c1ccc(C(=O)N(CCn2cccn2)c2nc3c(Cl)cccc3s2)cc1. The number of hydrogen-bond donors (Lipinski definition) is 0. The van der Waals surface area contributed by atoms with E-state index in [9.17, 15) is 13.2 Å². The maximum Gasteiger partial charge on any atom is 0.260 e. The molecule has 0 aliphatic heterocycles. The van der Waals surface area contributed by atoms with Crippen LogP contribution in [0.5, 0.6) is 0 Å². The second kappa shape index (κ2) is 12.8. The molecule has 0 radical (unpaired) electrons. The number of fused-ring (bicyclic) bond motifs is 1. The number of thiazole rings is 1. The fraction of sp³-hybridized carbons (Fsp3) is 0.320. The molecule has 10 nitrogen and oxygen atoms in total. The Labute approximate surface area is 230 Å². The van der Waals surface area contributed by atoms with Crippen LogP contribution < -0.4 is 4.90 Å². The van der Waals surface area contributed by atoms with Gasteiger partial charge in [0.2, 0.25) is 10.0 Å². The molecule has 0 fully saturated rings. The lowest BCUT2D eigenvalue weighted by atomic mass is 10.2. The van der Waals surface area contributed by atoms with Gasteiger partial charge in [-0.25, -0.2) is 13.4 Å². The molecule has 0 unspecified atom stereocenters. The quantitative estimate of drug-likeness (QED) is 0.238. The summed E-state index contributed by atoms with van der Waals surface area (Å²) in [6.07, 6.45) is 3.49. The first-order valence-electron chi connectivity index (χ1n) is 11.8. The highest BCUT2D eigenvalue weighted by Crippen LogP contribution is 2.33. The number of sulfonamides is 1. The molecule has 2 aromatic heterocycles. The van der Waals surface area contributed by atoms with Crippen LogP contribution in [0.3, 0.4) is 0 Å². The van der Waals surface area contributed by atoms with Crippen LogP contribution in [0, 0.1) is 0 Å². The molecule has 0 atom stereocenters. The minimum atomic E-state index is -3.81. The maximum absolute atomic E-state index is 13.7. The number of para-hydroxylation sites is 1. The van der Waals surface area contributed by atoms with Gasteiger partial charge in [0.15, 0.2) is 5.13 Å². The number of anilines is 1. The second-order valence-corrected chi connectivity index (χ2v) is 11.6. The largest absolute Gasteiger partial charge is 0.383 e. The lowest BCUT2D eigenvalue weighted by Gasteiger charge is -2.22. The van der Waals surface area contributed by atoms with Crippen molar-refractivity contribution in [3.05, 3.63) is 71.5 Å². The third kappa shape index (κ3) is 6.40. The van der Waals surface area contributed by atoms with Crippen molar-refractivity contribution in [3.63, 3.8) is 0 Å². The van der Waals surface area contributed by atoms with E-state index in [2.05, 4.69) is 10.1 Å². The van der Waals surface area contributed by atoms with E-state index >= 15 is 0 Å². The van der Waals surface area contributed by atoms with Crippen LogP contribution in [0.25, 0.3) is 10.2 Å². The predicted octanol–water partition coefficient (Wildman–Crippen LogP) is 3.78. The van der Waals surface area contributed by atoms with Crippen molar-refractivity contribution in [1.82, 2.24) is 19.1 Å². The average Bonchev–Trinajstić information content (AvgIpc) is 3.60. The number of nitrogens with zero attached hydrogens (tertiary/aromatic N) is 5. The van der Waals surface area contributed by atoms with Crippen molar-refractivity contribution in [1.29, 1.82) is 0 Å². The van der Waals surface area contributed by atoms with Crippen LogP contribution >= 0.6 is 22.9 Å². The number of amides is 1. The summed E-state index contributed by atoms with van der Waals surface area (Å²) in [5, 5.41) is 5.22. The fourth-order valence-corrected chi connectivity index (χ4v) is 6.45. The Hall–Kier alpha value is -2.87. The Morgan fingerprint density at radius 3 is 2.34 bits per heavy atom. The zero-order chi connectivity index (χ0) is 27.1. The lowest BCUT2D eigenvalue weighted by Crippen LogP contribution is -2.36. The Balaban J connectivity index is 1.61. The molecule has 0 spiro atoms. The van der Waals surface area contributed by atoms with Crippen molar-refractivity contribution in [2.45, 2.75) is 11.4 Å². The Morgan fingerprint density at radius 1 is 1.03 bits per heavy atom. The number of rotatable bonds is 13. The first kappa shape index (κ1) is 28.1. The normalized spacial score (nSPS) is 11.9. The molecule has 4 rings (SSSR count). The molecule has 0 bridgehead atoms. The van der Waals surface area contributed by atoms with Crippen LogP contribution in [0.4, 0.5) is 5.13 Å². The number of carbonyl (C=O) groups excluding carboxylic acids is 1. The Morgan fingerprint density at radius 2 is 1.74 bits per heavy atom. The summed E-state index contributed by atoms with van der Waals surface area (Å²) in [4.78, 5) is 20.0. The van der Waals surface area contributed by atoms with Gasteiger partial charge in [-0.15, -0.1) is 0 Å². The monoisotopic (exact) mass is 577 g/mol. The summed E-state index contributed by atoms with van der Waals surface area (Å²) in [5.41, 5.74) is 0.954. The highest BCUT2D eigenvalue weighted by molar-refractivity contribution is 7.89. The van der Waals surface area contributed by atoms with Gasteiger partial charge in [0.1, 0.15) is 5.52 Å². The van der Waals surface area contributed by atoms with Crippen LogP contribution in [-0.2, 0) is 26.0 Å². The summed E-state index contributed by atoms with van der Waals surface area (Å²) in [7, 11) is -0.785. The molecule has 13 heteroatoms. The average molecular weight is 578 g/mol. The van der Waals surface area contributed by atoms with E-state index in [0.29, 0.717) is 34.3 Å². The van der Waals surface area contributed by atoms with Crippen molar-refractivity contribution in [2.75, 3.05) is 52.0 Å². The molecule has 0 saturated carbocycles. The third-order valence-electron chi connectivity index (χ3n) is 5.78. The second-order valence-electron chi connectivity index (χ2n) is 8.22. The summed E-state index contributed by atoms with van der Waals surface area (Å²) >= 11 is 7.69. The molecular weight excluding hydrogens is 550 g/mol. The number of methoxy groups -OCH3 is 2. The van der Waals surface area contributed by atoms with E-state index in [4.69, 9.17) is 21.1 Å². The van der Waals surface area contributed by atoms with Crippen LogP contribution in [-0.4, -0.2) is 80.5 Å². The molecule has 0 aliphatic rings. The number of benzene rings is 2. The summed E-state index contributed by atoms with van der Waals surface area (Å²) in [6, 6.07) is 13.2. The summed E-state index contributed by atoms with van der Waals surface area (Å²) in [5.74, 6) is -0.313. The highest BCUT2D eigenvalue weighted by Gasteiger charge is 2.26. The van der Waals surface area contributed by atoms with Crippen LogP contribution in [0.2, 0.25) is 5.02 Å². The summed E-state index contributed by atoms with van der Waals surface area (Å²) in [6.45, 7) is 1.62. The van der Waals surface area contributed by atoms with E-state index in [1.54, 1.807) is 21.8 Å². The highest BCUT2D eigenvalue weighted by atomic mass is 35.5. The fourth-order valence-electron chi connectivity index (χ4n) is 3.75. The molecule has 2 aromatic carbocycles. The van der Waals surface area contributed by atoms with Gasteiger partial charge in [0.25, 0.3) is 5.91 Å². The first-order chi connectivity index (χ1) is 18.3. The van der Waals surface area contributed by atoms with Crippen molar-refractivity contribution in [2.24, 2.45) is 0 Å². The molecular formula is C25H28ClN5O5S2. The molecule has 38 heavy (non-hydrogen) atoms. The van der Waals surface area contributed by atoms with Gasteiger partial charge in [-0.05, 0) is 42.5 Å². The van der Waals surface area contributed by atoms with Gasteiger partial charge in [0, 0.05) is 51.8 Å². The van der Waals surface area contributed by atoms with Crippen molar-refractivity contribution in [3.8, 4) is 0 Å². The molecule has 4 aromatic rings. The van der Waals surface area contributed by atoms with E-state index in [1.165, 1.54) is 54.1 Å². The van der Waals surface area contributed by atoms with Crippen molar-refractivity contribution >= 4 is 54.2 Å². The number of aromatic nitrogens is 3. The zero-order valence-electron chi connectivity index (χ0n) is 21.0. The first-order valence-corrected chi connectivity index (χ1v) is 14.4. The third-order valence-corrected chi connectivity index (χ3v) is 9.04. The number of hydrogen-bond acceptors (Lipinski definition) is 8. The molecule has 202 valence electrons. The standard InChI is InChI=1S/C25H28ClN5O5S2/c1-35-17-15-30(16-18-36-2)38(33,34)20-9-7-19(8-10-20)24(32)31(14-13-29-12-4-11-27-29)25-28-23-21(26)5-3-6-22(23)37-25/h3-12H,13-18H2,1-2H3. The van der Waals surface area contributed by atoms with Crippen LogP contribution in [0.1, 0.15) is 10.4 Å². The molecule has 0 aliphatic carbocycles. The number of carbonyl (C=O) groups is 1. The summed E-state index contributed by atoms with van der Waals surface area (Å²) < 4.78 is 40.5. The smallest absolute Gasteiger partial charge is 0.260 e. The van der Waals surface area contributed by atoms with Crippen molar-refractivity contribution < 1.29 is 22.7 Å². The topological polar surface area (TPSA) is 107 Å². The van der Waals surface area contributed by atoms with E-state index < -0.39 is 10.0 Å². The minimum Gasteiger partial charge on any atom is -0.383 e. The number of halogens is 1. The minimum absolute atomic E-state index is 0.0797. The lowest BCUT2D eigenvalue weighted by molar-refractivity contribution is 0.0985. The molecule has 0 N–H and O–H groups in total. The van der Waals surface area contributed by atoms with Gasteiger partial charge in [-0.1, -0.05) is 29.0 Å². The molecule has 2 heterocycles. The van der Waals surface area contributed by atoms with Crippen LogP contribution in [0.15, 0.2) is 65.8 Å². The van der Waals surface area contributed by atoms with E-state index in [-0.39, 0.29) is 37.1 Å². The predicted molar refractivity (Wildman–Crippen MR) is 147 cm³/mol. The van der Waals surface area contributed by atoms with E-state index in [0.717, 1.165) is 4.70 Å². The Kier molecular flexibility index (Phi) is 9.47. The van der Waals surface area contributed by atoms with Gasteiger partial charge in [0.05, 0.1) is 34.4 Å². The van der Waals surface area contributed by atoms with E-state index in [1.807, 2.05) is 24.4 Å². The van der Waals surface area contributed by atoms with Gasteiger partial charge in [-0.2, -0.15) is 9.40 Å². The van der Waals surface area contributed by atoms with Gasteiger partial charge < -0.3 is 9.47 Å². The molecule has 0 saturated heterocycles. The Bertz CT molecular complexity index is 1450. The van der Waals surface area contributed by atoms with Gasteiger partial charge >= 0.3 is 0 Å². The van der Waals surface area contributed by atoms with Gasteiger partial charge in [-0.3, -0.25) is 14.4 Å². The zero-order valence-corrected chi connectivity index (χ0v) is 23.4.